The summed E-state index contributed by atoms with van der Waals surface area (Å²) in [7, 11) is 0. The largest absolute Gasteiger partial charge is 0.484 e. The van der Waals surface area contributed by atoms with Gasteiger partial charge >= 0.3 is 0 Å². The van der Waals surface area contributed by atoms with E-state index in [-0.39, 0.29) is 12.4 Å². The number of amides is 1. The fraction of sp³-hybridized carbons (Fsp3) is 0.176. The van der Waals surface area contributed by atoms with Crippen LogP contribution >= 0.6 is 11.6 Å². The highest BCUT2D eigenvalue weighted by Gasteiger charge is 2.05. The Hall–Kier alpha value is -2.40. The lowest BCUT2D eigenvalue weighted by Crippen LogP contribution is -2.26. The lowest BCUT2D eigenvalue weighted by molar-refractivity contribution is -0.123. The first-order valence-electron chi connectivity index (χ1n) is 7.08. The van der Waals surface area contributed by atoms with Crippen LogP contribution in [-0.2, 0) is 4.79 Å². The fourth-order valence-corrected chi connectivity index (χ4v) is 1.96. The summed E-state index contributed by atoms with van der Waals surface area (Å²) in [6.45, 7) is 1.74. The molecule has 0 unspecified atom stereocenters. The number of ether oxygens (including phenoxy) is 1. The molecule has 1 N–H and O–H groups in total. The molecule has 6 heteroatoms. The third-order valence-electron chi connectivity index (χ3n) is 3.01. The molecule has 0 saturated carbocycles. The minimum Gasteiger partial charge on any atom is -0.484 e. The number of hydrogen-bond donors (Lipinski definition) is 1. The van der Waals surface area contributed by atoms with Crippen LogP contribution in [0.25, 0.3) is 0 Å². The topological polar surface area (TPSA) is 50.7 Å². The Bertz CT molecular complexity index is 685. The van der Waals surface area contributed by atoms with E-state index in [0.717, 1.165) is 11.3 Å². The quantitative estimate of drug-likeness (QED) is 0.645. The van der Waals surface area contributed by atoms with Gasteiger partial charge in [-0.25, -0.2) is 9.82 Å². The molecule has 23 heavy (non-hydrogen) atoms. The van der Waals surface area contributed by atoms with Crippen LogP contribution in [0.5, 0.6) is 5.75 Å². The summed E-state index contributed by atoms with van der Waals surface area (Å²) in [5.74, 6) is -0.338. The van der Waals surface area contributed by atoms with Crippen LogP contribution in [0.4, 0.5) is 4.39 Å². The summed E-state index contributed by atoms with van der Waals surface area (Å²) in [5.41, 5.74) is 4.06. The summed E-state index contributed by atoms with van der Waals surface area (Å²) in [4.78, 5) is 11.8. The number of carbonyl (C=O) groups is 1. The molecule has 0 aliphatic rings. The van der Waals surface area contributed by atoms with Gasteiger partial charge in [-0.15, -0.1) is 0 Å². The third-order valence-corrected chi connectivity index (χ3v) is 3.26. The average Bonchev–Trinajstić information content (AvgIpc) is 2.56. The van der Waals surface area contributed by atoms with E-state index in [0.29, 0.717) is 17.2 Å². The molecule has 2 aromatic rings. The third kappa shape index (κ3) is 5.38. The van der Waals surface area contributed by atoms with E-state index in [2.05, 4.69) is 10.5 Å². The molecule has 0 aromatic heterocycles. The molecule has 2 aromatic carbocycles. The van der Waals surface area contributed by atoms with E-state index in [1.165, 1.54) is 24.3 Å². The summed E-state index contributed by atoms with van der Waals surface area (Å²) in [6.07, 6.45) is 0.654. The highest BCUT2D eigenvalue weighted by molar-refractivity contribution is 6.30. The van der Waals surface area contributed by atoms with Crippen molar-refractivity contribution in [1.29, 1.82) is 0 Å². The van der Waals surface area contributed by atoms with Crippen LogP contribution in [0.3, 0.4) is 0 Å². The van der Waals surface area contributed by atoms with E-state index >= 15 is 0 Å². The second-order valence-corrected chi connectivity index (χ2v) is 5.13. The number of nitrogens with one attached hydrogen (secondary N) is 1. The van der Waals surface area contributed by atoms with E-state index < -0.39 is 5.91 Å². The second kappa shape index (κ2) is 8.29. The zero-order valence-corrected chi connectivity index (χ0v) is 13.3. The molecular formula is C17H16ClFN2O2. The minimum absolute atomic E-state index is 0.202. The number of hydrazone groups is 1. The first-order valence-corrected chi connectivity index (χ1v) is 7.46. The van der Waals surface area contributed by atoms with Crippen molar-refractivity contribution < 1.29 is 13.9 Å². The zero-order chi connectivity index (χ0) is 16.7. The molecular weight excluding hydrogens is 319 g/mol. The molecule has 0 heterocycles. The van der Waals surface area contributed by atoms with Gasteiger partial charge in [-0.3, -0.25) is 4.79 Å². The van der Waals surface area contributed by atoms with Gasteiger partial charge in [0.25, 0.3) is 5.91 Å². The molecule has 0 aliphatic heterocycles. The van der Waals surface area contributed by atoms with Gasteiger partial charge in [-0.1, -0.05) is 30.7 Å². The van der Waals surface area contributed by atoms with Crippen molar-refractivity contribution in [2.45, 2.75) is 13.3 Å². The molecule has 0 spiro atoms. The number of hydrogen-bond acceptors (Lipinski definition) is 3. The van der Waals surface area contributed by atoms with Crippen molar-refractivity contribution in [3.8, 4) is 5.75 Å². The second-order valence-electron chi connectivity index (χ2n) is 4.70. The predicted octanol–water partition coefficient (Wildman–Crippen LogP) is 3.79. The lowest BCUT2D eigenvalue weighted by Gasteiger charge is -2.07. The van der Waals surface area contributed by atoms with Crippen LogP contribution in [-0.4, -0.2) is 18.2 Å². The van der Waals surface area contributed by atoms with E-state index in [9.17, 15) is 9.18 Å². The van der Waals surface area contributed by atoms with Crippen molar-refractivity contribution in [3.63, 3.8) is 0 Å². The van der Waals surface area contributed by atoms with Crippen LogP contribution < -0.4 is 10.2 Å². The van der Waals surface area contributed by atoms with Crippen LogP contribution in [0.15, 0.2) is 53.6 Å². The van der Waals surface area contributed by atoms with Crippen LogP contribution in [0.2, 0.25) is 5.02 Å². The Morgan fingerprint density at radius 3 is 2.43 bits per heavy atom. The molecule has 0 fully saturated rings. The Balaban J connectivity index is 1.90. The monoisotopic (exact) mass is 334 g/mol. The lowest BCUT2D eigenvalue weighted by atomic mass is 10.1. The van der Waals surface area contributed by atoms with Crippen molar-refractivity contribution in [2.75, 3.05) is 6.61 Å². The molecule has 2 rings (SSSR count). The van der Waals surface area contributed by atoms with Gasteiger partial charge in [0.05, 0.1) is 5.71 Å². The Labute approximate surface area is 138 Å². The van der Waals surface area contributed by atoms with Gasteiger partial charge in [-0.2, -0.15) is 5.10 Å². The average molecular weight is 335 g/mol. The van der Waals surface area contributed by atoms with Crippen molar-refractivity contribution in [3.05, 3.63) is 64.9 Å². The first kappa shape index (κ1) is 17.0. The van der Waals surface area contributed by atoms with Gasteiger partial charge < -0.3 is 4.74 Å². The van der Waals surface area contributed by atoms with Crippen molar-refractivity contribution in [1.82, 2.24) is 5.43 Å². The highest BCUT2D eigenvalue weighted by atomic mass is 35.5. The van der Waals surface area contributed by atoms with Gasteiger partial charge in [0.1, 0.15) is 11.6 Å². The SMILES string of the molecule is CC/C(=N/NC(=O)COc1ccc(F)cc1)c1ccc(Cl)cc1. The number of rotatable bonds is 6. The molecule has 0 bridgehead atoms. The van der Waals surface area contributed by atoms with E-state index in [4.69, 9.17) is 16.3 Å². The normalized spacial score (nSPS) is 11.2. The van der Waals surface area contributed by atoms with Gasteiger partial charge in [-0.05, 0) is 48.4 Å². The first-order chi connectivity index (χ1) is 11.1. The molecule has 0 saturated heterocycles. The van der Waals surface area contributed by atoms with Crippen LogP contribution in [0.1, 0.15) is 18.9 Å². The molecule has 0 atom stereocenters. The number of halogens is 2. The van der Waals surface area contributed by atoms with Gasteiger partial charge in [0.2, 0.25) is 0 Å². The number of benzene rings is 2. The fourth-order valence-electron chi connectivity index (χ4n) is 1.83. The minimum atomic E-state index is -0.394. The Morgan fingerprint density at radius 2 is 1.83 bits per heavy atom. The van der Waals surface area contributed by atoms with Gasteiger partial charge in [0.15, 0.2) is 6.61 Å². The molecule has 1 amide bonds. The maximum atomic E-state index is 12.8. The molecule has 0 aliphatic carbocycles. The smallest absolute Gasteiger partial charge is 0.277 e. The van der Waals surface area contributed by atoms with E-state index in [1.54, 1.807) is 12.1 Å². The Kier molecular flexibility index (Phi) is 6.11. The standard InChI is InChI=1S/C17H16ClFN2O2/c1-2-16(12-3-5-13(18)6-4-12)20-21-17(22)11-23-15-9-7-14(19)8-10-15/h3-10H,2,11H2,1H3,(H,21,22)/b20-16-. The number of carbonyl (C=O) groups excluding carboxylic acids is 1. The molecule has 4 nitrogen and oxygen atoms in total. The summed E-state index contributed by atoms with van der Waals surface area (Å²) < 4.78 is 18.0. The molecule has 120 valence electrons. The summed E-state index contributed by atoms with van der Waals surface area (Å²) in [5, 5.41) is 4.74. The predicted molar refractivity (Wildman–Crippen MR) is 88.3 cm³/mol. The van der Waals surface area contributed by atoms with E-state index in [1.807, 2.05) is 19.1 Å². The highest BCUT2D eigenvalue weighted by Crippen LogP contribution is 2.12. The van der Waals surface area contributed by atoms with Crippen LogP contribution in [0, 0.1) is 5.82 Å². The maximum Gasteiger partial charge on any atom is 0.277 e. The number of nitrogens with zero attached hydrogens (tertiary/aromatic N) is 1. The Morgan fingerprint density at radius 1 is 1.17 bits per heavy atom. The maximum absolute atomic E-state index is 12.8. The summed E-state index contributed by atoms with van der Waals surface area (Å²) >= 11 is 5.85. The van der Waals surface area contributed by atoms with Crippen molar-refractivity contribution in [2.24, 2.45) is 5.10 Å². The zero-order valence-electron chi connectivity index (χ0n) is 12.6. The van der Waals surface area contributed by atoms with Crippen molar-refractivity contribution >= 4 is 23.2 Å². The summed E-state index contributed by atoms with van der Waals surface area (Å²) in [6, 6.07) is 12.6. The van der Waals surface area contributed by atoms with Gasteiger partial charge in [0, 0.05) is 5.02 Å². The molecule has 0 radical (unpaired) electrons.